The predicted molar refractivity (Wildman–Crippen MR) is 151 cm³/mol. The van der Waals surface area contributed by atoms with E-state index in [-0.39, 0.29) is 5.91 Å². The summed E-state index contributed by atoms with van der Waals surface area (Å²) in [4.78, 5) is 12.9. The highest BCUT2D eigenvalue weighted by molar-refractivity contribution is 7.07. The van der Waals surface area contributed by atoms with E-state index in [1.54, 1.807) is 11.3 Å². The summed E-state index contributed by atoms with van der Waals surface area (Å²) in [5, 5.41) is 5.13. The number of anilines is 1. The van der Waals surface area contributed by atoms with E-state index >= 15 is 0 Å². The topological polar surface area (TPSA) is 42.2 Å². The molecule has 0 aliphatic heterocycles. The Morgan fingerprint density at radius 1 is 0.861 bits per heavy atom. The number of nitrogens with one attached hydrogen (secondary N) is 1. The molecule has 0 radical (unpaired) electrons. The number of carbonyl (C=O) groups excluding carboxylic acids is 1. The second-order valence-corrected chi connectivity index (χ2v) is 10.3. The van der Waals surface area contributed by atoms with Crippen molar-refractivity contribution in [2.24, 2.45) is 0 Å². The van der Waals surface area contributed by atoms with E-state index in [1.165, 1.54) is 70.6 Å². The quantitative estimate of drug-likeness (QED) is 0.139. The molecule has 0 saturated heterocycles. The number of thiazole rings is 1. The van der Waals surface area contributed by atoms with Gasteiger partial charge in [0.2, 0.25) is 5.51 Å². The van der Waals surface area contributed by atoms with E-state index in [2.05, 4.69) is 28.4 Å². The van der Waals surface area contributed by atoms with Crippen molar-refractivity contribution in [3.05, 3.63) is 76.7 Å². The summed E-state index contributed by atoms with van der Waals surface area (Å²) in [7, 11) is 0. The molecule has 0 atom stereocenters. The van der Waals surface area contributed by atoms with Gasteiger partial charge in [-0.2, -0.15) is 4.57 Å². The molecule has 0 bridgehead atoms. The highest BCUT2D eigenvalue weighted by atomic mass is 32.1. The predicted octanol–water partition coefficient (Wildman–Crippen LogP) is 8.42. The number of amides is 1. The number of rotatable bonds is 18. The molecular formula is C31H43N2O2S+. The minimum atomic E-state index is -0.117. The van der Waals surface area contributed by atoms with E-state index in [4.69, 9.17) is 4.74 Å². The van der Waals surface area contributed by atoms with Crippen molar-refractivity contribution in [1.82, 2.24) is 0 Å². The van der Waals surface area contributed by atoms with Crippen molar-refractivity contribution in [3.63, 3.8) is 0 Å². The number of unbranched alkanes of at least 4 members (excludes halogenated alkanes) is 11. The van der Waals surface area contributed by atoms with Gasteiger partial charge in [0.1, 0.15) is 5.75 Å². The molecule has 0 unspecified atom stereocenters. The van der Waals surface area contributed by atoms with Crippen molar-refractivity contribution in [3.8, 4) is 5.75 Å². The summed E-state index contributed by atoms with van der Waals surface area (Å²) in [5.41, 5.74) is 4.59. The normalized spacial score (nSPS) is 10.9. The van der Waals surface area contributed by atoms with Crippen LogP contribution in [0.1, 0.15) is 99.9 Å². The van der Waals surface area contributed by atoms with Gasteiger partial charge in [0.25, 0.3) is 5.91 Å². The highest BCUT2D eigenvalue weighted by Crippen LogP contribution is 2.19. The Bertz CT molecular complexity index is 1000. The van der Waals surface area contributed by atoms with Gasteiger partial charge < -0.3 is 10.1 Å². The maximum atomic E-state index is 12.9. The molecule has 1 heterocycles. The third-order valence-corrected chi connectivity index (χ3v) is 7.18. The Morgan fingerprint density at radius 2 is 1.56 bits per heavy atom. The van der Waals surface area contributed by atoms with Gasteiger partial charge in [-0.25, -0.2) is 0 Å². The van der Waals surface area contributed by atoms with Crippen LogP contribution in [0.25, 0.3) is 0 Å². The van der Waals surface area contributed by atoms with Crippen molar-refractivity contribution in [2.75, 3.05) is 11.9 Å². The zero-order chi connectivity index (χ0) is 25.3. The lowest BCUT2D eigenvalue weighted by Gasteiger charge is -2.11. The van der Waals surface area contributed by atoms with Gasteiger partial charge in [0.15, 0.2) is 12.7 Å². The van der Waals surface area contributed by atoms with Gasteiger partial charge in [0.05, 0.1) is 17.7 Å². The summed E-state index contributed by atoms with van der Waals surface area (Å²) in [5.74, 6) is 0.640. The van der Waals surface area contributed by atoms with Crippen molar-refractivity contribution >= 4 is 22.9 Å². The molecular weight excluding hydrogens is 464 g/mol. The van der Waals surface area contributed by atoms with Gasteiger partial charge in [-0.15, -0.1) is 0 Å². The summed E-state index contributed by atoms with van der Waals surface area (Å²) >= 11 is 1.66. The van der Waals surface area contributed by atoms with Crippen LogP contribution in [0, 0.1) is 0 Å². The number of nitrogens with zero attached hydrogens (tertiary/aromatic N) is 1. The summed E-state index contributed by atoms with van der Waals surface area (Å²) < 4.78 is 8.06. The van der Waals surface area contributed by atoms with Crippen LogP contribution in [0.3, 0.4) is 0 Å². The van der Waals surface area contributed by atoms with E-state index in [1.807, 2.05) is 54.0 Å². The second kappa shape index (κ2) is 16.9. The Kier molecular flexibility index (Phi) is 13.1. The van der Waals surface area contributed by atoms with Crippen LogP contribution in [0.2, 0.25) is 0 Å². The molecule has 1 N–H and O–H groups in total. The van der Waals surface area contributed by atoms with Gasteiger partial charge in [0, 0.05) is 11.1 Å². The smallest absolute Gasteiger partial charge is 0.255 e. The summed E-state index contributed by atoms with van der Waals surface area (Å²) in [6.07, 6.45) is 18.0. The number of para-hydroxylation sites is 1. The van der Waals surface area contributed by atoms with Gasteiger partial charge in [-0.1, -0.05) is 113 Å². The molecule has 194 valence electrons. The molecule has 2 aromatic carbocycles. The van der Waals surface area contributed by atoms with Crippen LogP contribution in [-0.2, 0) is 6.54 Å². The molecule has 0 fully saturated rings. The number of hydrogen-bond acceptors (Lipinski definition) is 3. The van der Waals surface area contributed by atoms with E-state index in [0.29, 0.717) is 12.2 Å². The van der Waals surface area contributed by atoms with Crippen LogP contribution in [0.5, 0.6) is 5.75 Å². The standard InChI is InChI=1S/C31H42N2O2S/c1-2-3-4-5-6-7-8-9-10-11-12-15-22-35-29-19-16-18-27(24-29)31(34)32-30-20-14-13-17-28(30)25-33-21-23-36-26-33/h13-14,16-21,23-24,26H,2-12,15,22,25H2,1H3/p+1. The number of hydrogen-bond donors (Lipinski definition) is 1. The number of aromatic nitrogens is 1. The van der Waals surface area contributed by atoms with Gasteiger partial charge in [-0.05, 0) is 30.7 Å². The molecule has 3 aromatic rings. The molecule has 0 saturated carbocycles. The average molecular weight is 508 g/mol. The third kappa shape index (κ3) is 10.5. The molecule has 0 aliphatic rings. The molecule has 5 heteroatoms. The maximum absolute atomic E-state index is 12.9. The van der Waals surface area contributed by atoms with Gasteiger partial charge >= 0.3 is 0 Å². The second-order valence-electron chi connectivity index (χ2n) is 9.58. The van der Waals surface area contributed by atoms with Crippen LogP contribution >= 0.6 is 11.3 Å². The van der Waals surface area contributed by atoms with Crippen LogP contribution in [0.4, 0.5) is 5.69 Å². The van der Waals surface area contributed by atoms with Crippen LogP contribution in [0.15, 0.2) is 65.6 Å². The van der Waals surface area contributed by atoms with Crippen molar-refractivity contribution in [1.29, 1.82) is 0 Å². The number of carbonyl (C=O) groups is 1. The van der Waals surface area contributed by atoms with Crippen molar-refractivity contribution in [2.45, 2.75) is 90.5 Å². The molecule has 4 nitrogen and oxygen atoms in total. The van der Waals surface area contributed by atoms with E-state index in [0.717, 1.165) is 30.0 Å². The fraction of sp³-hybridized carbons (Fsp3) is 0.484. The largest absolute Gasteiger partial charge is 0.494 e. The Hall–Kier alpha value is -2.66. The molecule has 1 aromatic heterocycles. The lowest BCUT2D eigenvalue weighted by atomic mass is 10.1. The zero-order valence-electron chi connectivity index (χ0n) is 21.9. The van der Waals surface area contributed by atoms with E-state index in [9.17, 15) is 4.79 Å². The van der Waals surface area contributed by atoms with Gasteiger partial charge in [-0.3, -0.25) is 4.79 Å². The fourth-order valence-electron chi connectivity index (χ4n) is 4.38. The highest BCUT2D eigenvalue weighted by Gasteiger charge is 2.12. The number of benzene rings is 2. The first-order valence-electron chi connectivity index (χ1n) is 13.8. The first-order valence-corrected chi connectivity index (χ1v) is 14.7. The maximum Gasteiger partial charge on any atom is 0.255 e. The molecule has 1 amide bonds. The minimum Gasteiger partial charge on any atom is -0.494 e. The average Bonchev–Trinajstić information content (AvgIpc) is 3.41. The van der Waals surface area contributed by atoms with Crippen LogP contribution in [-0.4, -0.2) is 12.5 Å². The zero-order valence-corrected chi connectivity index (χ0v) is 22.7. The molecule has 0 spiro atoms. The lowest BCUT2D eigenvalue weighted by Crippen LogP contribution is -2.31. The summed E-state index contributed by atoms with van der Waals surface area (Å²) in [6, 6.07) is 15.4. The SMILES string of the molecule is CCCCCCCCCCCCCCOc1cccc(C(=O)Nc2ccccc2C[n+]2ccsc2)c1. The molecule has 36 heavy (non-hydrogen) atoms. The number of ether oxygens (including phenoxy) is 1. The first-order chi connectivity index (χ1) is 17.8. The molecule has 3 rings (SSSR count). The summed E-state index contributed by atoms with van der Waals surface area (Å²) in [6.45, 7) is 3.70. The third-order valence-electron chi connectivity index (χ3n) is 6.51. The molecule has 0 aliphatic carbocycles. The van der Waals surface area contributed by atoms with Crippen molar-refractivity contribution < 1.29 is 14.1 Å². The Balaban J connectivity index is 1.33. The Labute approximate surface area is 221 Å². The van der Waals surface area contributed by atoms with E-state index < -0.39 is 0 Å². The Morgan fingerprint density at radius 3 is 2.25 bits per heavy atom. The lowest BCUT2D eigenvalue weighted by molar-refractivity contribution is -0.683. The van der Waals surface area contributed by atoms with Crippen LogP contribution < -0.4 is 14.6 Å². The monoisotopic (exact) mass is 507 g/mol. The fourth-order valence-corrected chi connectivity index (χ4v) is 4.98. The minimum absolute atomic E-state index is 0.117. The first kappa shape index (κ1) is 27.9.